The summed E-state index contributed by atoms with van der Waals surface area (Å²) in [5.41, 5.74) is 3.13. The number of aromatic hydroxyl groups is 1. The number of nitrogens with one attached hydrogen (secondary N) is 3. The molecular formula is C27H24ClN5O3. The normalized spacial score (nSPS) is 17.9. The van der Waals surface area contributed by atoms with E-state index < -0.39 is 6.04 Å². The van der Waals surface area contributed by atoms with Crippen molar-refractivity contribution in [2.24, 2.45) is 9.98 Å². The molecule has 1 amide bonds. The molecule has 0 saturated carbocycles. The van der Waals surface area contributed by atoms with Crippen molar-refractivity contribution in [3.8, 4) is 11.5 Å². The van der Waals surface area contributed by atoms with Crippen LogP contribution in [0.1, 0.15) is 24.1 Å². The van der Waals surface area contributed by atoms with E-state index in [0.29, 0.717) is 39.2 Å². The predicted octanol–water partition coefficient (Wildman–Crippen LogP) is 4.54. The van der Waals surface area contributed by atoms with Crippen LogP contribution in [0.25, 0.3) is 0 Å². The summed E-state index contributed by atoms with van der Waals surface area (Å²) in [4.78, 5) is 22.7. The molecule has 0 aromatic heterocycles. The van der Waals surface area contributed by atoms with Crippen molar-refractivity contribution in [3.05, 3.63) is 100 Å². The number of rotatable bonds is 4. The first-order valence-electron chi connectivity index (χ1n) is 11.4. The minimum Gasteiger partial charge on any atom is -0.508 e. The van der Waals surface area contributed by atoms with Gasteiger partial charge in [0.2, 0.25) is 5.96 Å². The molecule has 182 valence electrons. The fraction of sp³-hybridized carbons (Fsp3) is 0.148. The number of benzene rings is 3. The molecule has 8 nitrogen and oxygen atoms in total. The van der Waals surface area contributed by atoms with Gasteiger partial charge in [-0.2, -0.15) is 4.99 Å². The number of phenols is 1. The molecule has 9 heteroatoms. The second-order valence-electron chi connectivity index (χ2n) is 8.32. The Kier molecular flexibility index (Phi) is 6.60. The highest BCUT2D eigenvalue weighted by Gasteiger charge is 2.31. The standard InChI is InChI=1S/C27H24ClN5O3/c1-16-24(26(35)29-14-17-8-2-6-12-21(17)34)25(18-9-3-4-10-19(18)28)33-27(30-16)32-23-15-36-22-13-7-5-11-20(22)31-23/h2-13,25,34H,14-15H2,1H3,(H,29,35)(H2,30,31,32,33). The zero-order valence-electron chi connectivity index (χ0n) is 19.5. The van der Waals surface area contributed by atoms with Crippen molar-refractivity contribution in [3.63, 3.8) is 0 Å². The zero-order valence-corrected chi connectivity index (χ0v) is 20.2. The molecular weight excluding hydrogens is 478 g/mol. The molecule has 0 radical (unpaired) electrons. The van der Waals surface area contributed by atoms with Gasteiger partial charge in [0.15, 0.2) is 0 Å². The van der Waals surface area contributed by atoms with Crippen molar-refractivity contribution in [1.29, 1.82) is 0 Å². The fourth-order valence-corrected chi connectivity index (χ4v) is 4.32. The van der Waals surface area contributed by atoms with Crippen LogP contribution in [0.4, 0.5) is 5.69 Å². The predicted molar refractivity (Wildman–Crippen MR) is 140 cm³/mol. The maximum absolute atomic E-state index is 13.4. The van der Waals surface area contributed by atoms with E-state index in [9.17, 15) is 9.90 Å². The van der Waals surface area contributed by atoms with Crippen LogP contribution >= 0.6 is 11.6 Å². The molecule has 2 aliphatic rings. The molecule has 0 aliphatic carbocycles. The lowest BCUT2D eigenvalue weighted by molar-refractivity contribution is -0.118. The minimum absolute atomic E-state index is 0.118. The number of phenolic OH excluding ortho intramolecular Hbond substituents is 1. The molecule has 0 spiro atoms. The number of aliphatic imine (C=N–C) groups is 2. The van der Waals surface area contributed by atoms with Gasteiger partial charge in [0, 0.05) is 28.4 Å². The fourth-order valence-electron chi connectivity index (χ4n) is 4.08. The maximum atomic E-state index is 13.4. The summed E-state index contributed by atoms with van der Waals surface area (Å²) >= 11 is 6.52. The topological polar surface area (TPSA) is 107 Å². The Labute approximate surface area is 213 Å². The SMILES string of the molecule is CC1=C(C(=O)NCc2ccccc2O)C(c2ccccc2Cl)N=C(N=C2COc3ccccc3N2)N1. The third-order valence-electron chi connectivity index (χ3n) is 5.87. The number of carbonyl (C=O) groups excluding carboxylic acids is 1. The number of amidine groups is 1. The Morgan fingerprint density at radius 2 is 1.86 bits per heavy atom. The molecule has 0 bridgehead atoms. The first kappa shape index (κ1) is 23.4. The lowest BCUT2D eigenvalue weighted by Gasteiger charge is -2.27. The van der Waals surface area contributed by atoms with Crippen molar-refractivity contribution in [2.75, 3.05) is 11.9 Å². The van der Waals surface area contributed by atoms with Gasteiger partial charge in [0.05, 0.1) is 11.3 Å². The van der Waals surface area contributed by atoms with Gasteiger partial charge in [0.1, 0.15) is 30.0 Å². The first-order valence-corrected chi connectivity index (χ1v) is 11.8. The highest BCUT2D eigenvalue weighted by molar-refractivity contribution is 6.31. The molecule has 0 saturated heterocycles. The number of amides is 1. The number of halogens is 1. The minimum atomic E-state index is -0.680. The van der Waals surface area contributed by atoms with Crippen LogP contribution in [0.5, 0.6) is 11.5 Å². The second-order valence-corrected chi connectivity index (χ2v) is 8.73. The largest absolute Gasteiger partial charge is 0.508 e. The molecule has 36 heavy (non-hydrogen) atoms. The number of para-hydroxylation sites is 3. The van der Waals surface area contributed by atoms with Gasteiger partial charge in [0.25, 0.3) is 5.91 Å². The summed E-state index contributed by atoms with van der Waals surface area (Å²) in [7, 11) is 0. The van der Waals surface area contributed by atoms with Gasteiger partial charge in [-0.1, -0.05) is 60.1 Å². The van der Waals surface area contributed by atoms with E-state index in [2.05, 4.69) is 20.9 Å². The molecule has 1 atom stereocenters. The van der Waals surface area contributed by atoms with Crippen LogP contribution in [0, 0.1) is 0 Å². The highest BCUT2D eigenvalue weighted by Crippen LogP contribution is 2.35. The summed E-state index contributed by atoms with van der Waals surface area (Å²) < 4.78 is 5.78. The van der Waals surface area contributed by atoms with Gasteiger partial charge in [-0.3, -0.25) is 4.79 Å². The third-order valence-corrected chi connectivity index (χ3v) is 6.22. The van der Waals surface area contributed by atoms with E-state index in [1.54, 1.807) is 37.3 Å². The summed E-state index contributed by atoms with van der Waals surface area (Å²) in [6.45, 7) is 2.22. The third kappa shape index (κ3) is 4.89. The average Bonchev–Trinajstić information content (AvgIpc) is 2.88. The number of anilines is 1. The molecule has 1 unspecified atom stereocenters. The number of fused-ring (bicyclic) bond motifs is 1. The van der Waals surface area contributed by atoms with Gasteiger partial charge in [-0.15, -0.1) is 0 Å². The van der Waals surface area contributed by atoms with Crippen LogP contribution in [0.15, 0.2) is 94.1 Å². The summed E-state index contributed by atoms with van der Waals surface area (Å²) in [6, 6.07) is 21.1. The van der Waals surface area contributed by atoms with Crippen LogP contribution in [-0.4, -0.2) is 29.4 Å². The van der Waals surface area contributed by atoms with Gasteiger partial charge in [-0.05, 0) is 31.2 Å². The Morgan fingerprint density at radius 3 is 2.69 bits per heavy atom. The molecule has 3 aromatic rings. The Balaban J connectivity index is 1.44. The number of hydrogen-bond acceptors (Lipinski definition) is 6. The number of hydrogen-bond donors (Lipinski definition) is 4. The van der Waals surface area contributed by atoms with E-state index in [0.717, 1.165) is 11.4 Å². The molecule has 2 heterocycles. The van der Waals surface area contributed by atoms with E-state index >= 15 is 0 Å². The summed E-state index contributed by atoms with van der Waals surface area (Å²) in [5.74, 6) is 1.46. The van der Waals surface area contributed by atoms with Crippen molar-refractivity contribution >= 4 is 35.0 Å². The highest BCUT2D eigenvalue weighted by atomic mass is 35.5. The first-order chi connectivity index (χ1) is 17.5. The van der Waals surface area contributed by atoms with Crippen LogP contribution in [-0.2, 0) is 11.3 Å². The quantitative estimate of drug-likeness (QED) is 0.420. The number of carbonyl (C=O) groups is 1. The van der Waals surface area contributed by atoms with Crippen molar-refractivity contribution < 1.29 is 14.6 Å². The lowest BCUT2D eigenvalue weighted by Crippen LogP contribution is -2.37. The van der Waals surface area contributed by atoms with Crippen molar-refractivity contribution in [1.82, 2.24) is 10.6 Å². The molecule has 0 fully saturated rings. The smallest absolute Gasteiger partial charge is 0.251 e. The number of ether oxygens (including phenoxy) is 1. The molecule has 4 N–H and O–H groups in total. The summed E-state index contributed by atoms with van der Waals surface area (Å²) in [6.07, 6.45) is 0. The van der Waals surface area contributed by atoms with Crippen LogP contribution in [0.2, 0.25) is 5.02 Å². The summed E-state index contributed by atoms with van der Waals surface area (Å²) in [5, 5.41) is 19.8. The maximum Gasteiger partial charge on any atom is 0.251 e. The number of guanidine groups is 1. The molecule has 2 aliphatic heterocycles. The Hall–Kier alpha value is -4.30. The van der Waals surface area contributed by atoms with E-state index in [1.165, 1.54) is 0 Å². The molecule has 5 rings (SSSR count). The monoisotopic (exact) mass is 501 g/mol. The van der Waals surface area contributed by atoms with Gasteiger partial charge >= 0.3 is 0 Å². The lowest BCUT2D eigenvalue weighted by atomic mass is 9.95. The van der Waals surface area contributed by atoms with E-state index in [-0.39, 0.29) is 24.8 Å². The average molecular weight is 502 g/mol. The van der Waals surface area contributed by atoms with Crippen LogP contribution in [0.3, 0.4) is 0 Å². The van der Waals surface area contributed by atoms with Crippen LogP contribution < -0.4 is 20.7 Å². The number of nitrogens with zero attached hydrogens (tertiary/aromatic N) is 2. The Morgan fingerprint density at radius 1 is 1.11 bits per heavy atom. The Bertz CT molecular complexity index is 1420. The number of allylic oxidation sites excluding steroid dienone is 1. The van der Waals surface area contributed by atoms with Gasteiger partial charge < -0.3 is 25.8 Å². The van der Waals surface area contributed by atoms with E-state index in [4.69, 9.17) is 21.3 Å². The second kappa shape index (κ2) is 10.1. The van der Waals surface area contributed by atoms with Gasteiger partial charge in [-0.25, -0.2) is 4.99 Å². The molecule has 3 aromatic carbocycles. The van der Waals surface area contributed by atoms with Crippen molar-refractivity contribution in [2.45, 2.75) is 19.5 Å². The zero-order chi connectivity index (χ0) is 25.1. The van der Waals surface area contributed by atoms with E-state index in [1.807, 2.05) is 42.5 Å².